The van der Waals surface area contributed by atoms with Gasteiger partial charge in [-0.15, -0.1) is 0 Å². The van der Waals surface area contributed by atoms with Gasteiger partial charge in [0.1, 0.15) is 5.75 Å². The Morgan fingerprint density at radius 2 is 1.76 bits per heavy atom. The molecule has 2 fully saturated rings. The summed E-state index contributed by atoms with van der Waals surface area (Å²) in [6, 6.07) is 2.63. The van der Waals surface area contributed by atoms with Crippen molar-refractivity contribution in [1.29, 1.82) is 0 Å². The first-order valence-corrected chi connectivity index (χ1v) is 10.3. The molecule has 0 radical (unpaired) electrons. The van der Waals surface area contributed by atoms with Gasteiger partial charge in [0.2, 0.25) is 11.8 Å². The van der Waals surface area contributed by atoms with Gasteiger partial charge in [-0.2, -0.15) is 0 Å². The monoisotopic (exact) mass is 458 g/mol. The van der Waals surface area contributed by atoms with E-state index in [0.717, 1.165) is 0 Å². The maximum absolute atomic E-state index is 13.5. The SMILES string of the molecule is CC(=O)Nc1ccc2c(c1O)C(=O)C1C(=O)[C@]3(O)C(=O)C(C(N)=O)C(=O)C[C@@H]3C[C@@H]1[C@]2(C)O. The van der Waals surface area contributed by atoms with Crippen LogP contribution in [0.2, 0.25) is 0 Å². The largest absolute Gasteiger partial charge is 0.505 e. The number of hydrogen-bond donors (Lipinski definition) is 5. The van der Waals surface area contributed by atoms with E-state index in [1.54, 1.807) is 0 Å². The summed E-state index contributed by atoms with van der Waals surface area (Å²) in [4.78, 5) is 75.3. The fourth-order valence-electron chi connectivity index (χ4n) is 5.57. The molecule has 0 bridgehead atoms. The van der Waals surface area contributed by atoms with Crippen molar-refractivity contribution in [2.75, 3.05) is 5.32 Å². The van der Waals surface area contributed by atoms with Gasteiger partial charge in [0, 0.05) is 25.2 Å². The van der Waals surface area contributed by atoms with Crippen LogP contribution in [0, 0.1) is 23.7 Å². The molecule has 1 aromatic rings. The number of aliphatic hydroxyl groups is 2. The molecule has 3 aliphatic rings. The molecule has 0 aromatic heterocycles. The molecule has 0 spiro atoms. The van der Waals surface area contributed by atoms with Crippen LogP contribution in [-0.2, 0) is 29.6 Å². The summed E-state index contributed by atoms with van der Waals surface area (Å²) in [5.74, 6) is -13.1. The van der Waals surface area contributed by atoms with Crippen molar-refractivity contribution in [3.05, 3.63) is 23.3 Å². The van der Waals surface area contributed by atoms with Crippen LogP contribution in [0.25, 0.3) is 0 Å². The summed E-state index contributed by atoms with van der Waals surface area (Å²) in [6.07, 6.45) is -0.753. The van der Waals surface area contributed by atoms with E-state index in [2.05, 4.69) is 5.32 Å². The van der Waals surface area contributed by atoms with E-state index in [1.807, 2.05) is 0 Å². The smallest absolute Gasteiger partial charge is 0.235 e. The van der Waals surface area contributed by atoms with Gasteiger partial charge in [0.25, 0.3) is 0 Å². The van der Waals surface area contributed by atoms with Gasteiger partial charge in [-0.1, -0.05) is 6.07 Å². The Kier molecular flexibility index (Phi) is 4.84. The molecule has 1 aromatic carbocycles. The highest BCUT2D eigenvalue weighted by Gasteiger charge is 2.68. The minimum absolute atomic E-state index is 0.00191. The molecule has 33 heavy (non-hydrogen) atoms. The van der Waals surface area contributed by atoms with Crippen LogP contribution >= 0.6 is 0 Å². The Hall–Kier alpha value is -3.44. The molecular formula is C22H22N2O9. The van der Waals surface area contributed by atoms with Crippen molar-refractivity contribution in [3.63, 3.8) is 0 Å². The van der Waals surface area contributed by atoms with E-state index < -0.39 is 87.6 Å². The average Bonchev–Trinajstić information content (AvgIpc) is 2.69. The third-order valence-electron chi connectivity index (χ3n) is 7.17. The van der Waals surface area contributed by atoms with Gasteiger partial charge in [0.05, 0.1) is 22.8 Å². The van der Waals surface area contributed by atoms with E-state index in [1.165, 1.54) is 26.0 Å². The van der Waals surface area contributed by atoms with Crippen molar-refractivity contribution in [3.8, 4) is 5.75 Å². The molecule has 11 nitrogen and oxygen atoms in total. The number of phenolic OH excluding ortho intramolecular Hbond substituents is 1. The lowest BCUT2D eigenvalue weighted by Crippen LogP contribution is -2.69. The van der Waals surface area contributed by atoms with Crippen LogP contribution in [0.1, 0.15) is 42.6 Å². The van der Waals surface area contributed by atoms with E-state index in [-0.39, 0.29) is 17.7 Å². The Morgan fingerprint density at radius 1 is 1.12 bits per heavy atom. The summed E-state index contributed by atoms with van der Waals surface area (Å²) in [6.45, 7) is 2.50. The molecule has 2 saturated carbocycles. The summed E-state index contributed by atoms with van der Waals surface area (Å²) in [5.41, 5.74) is -0.0981. The molecule has 0 saturated heterocycles. The third-order valence-corrected chi connectivity index (χ3v) is 7.17. The van der Waals surface area contributed by atoms with Gasteiger partial charge in [-0.05, 0) is 25.0 Å². The van der Waals surface area contributed by atoms with Gasteiger partial charge in [-0.3, -0.25) is 28.8 Å². The summed E-state index contributed by atoms with van der Waals surface area (Å²) < 4.78 is 0. The minimum Gasteiger partial charge on any atom is -0.505 e. The van der Waals surface area contributed by atoms with Crippen molar-refractivity contribution in [2.45, 2.75) is 37.9 Å². The van der Waals surface area contributed by atoms with Crippen LogP contribution in [0.15, 0.2) is 12.1 Å². The number of fused-ring (bicyclic) bond motifs is 3. The number of amides is 2. The van der Waals surface area contributed by atoms with E-state index in [4.69, 9.17) is 5.73 Å². The second-order valence-electron chi connectivity index (χ2n) is 9.09. The van der Waals surface area contributed by atoms with Crippen LogP contribution in [-0.4, -0.2) is 55.9 Å². The molecule has 6 N–H and O–H groups in total. The first-order chi connectivity index (χ1) is 15.2. The molecular weight excluding hydrogens is 436 g/mol. The van der Waals surface area contributed by atoms with Gasteiger partial charge in [0.15, 0.2) is 34.7 Å². The molecule has 6 atom stereocenters. The number of nitrogens with two attached hydrogens (primary N) is 1. The lowest BCUT2D eigenvalue weighted by molar-refractivity contribution is -0.182. The zero-order valence-electron chi connectivity index (χ0n) is 17.7. The van der Waals surface area contributed by atoms with Crippen LogP contribution in [0.3, 0.4) is 0 Å². The molecule has 2 amide bonds. The maximum Gasteiger partial charge on any atom is 0.235 e. The highest BCUT2D eigenvalue weighted by Crippen LogP contribution is 2.55. The number of Topliss-reactive ketones (excluding diaryl/α,β-unsaturated/α-hetero) is 4. The van der Waals surface area contributed by atoms with Gasteiger partial charge in [-0.25, -0.2) is 0 Å². The Balaban J connectivity index is 1.88. The minimum atomic E-state index is -2.82. The van der Waals surface area contributed by atoms with Crippen LogP contribution in [0.4, 0.5) is 5.69 Å². The lowest BCUT2D eigenvalue weighted by Gasteiger charge is -2.52. The number of carbonyl (C=O) groups is 6. The molecule has 11 heteroatoms. The zero-order valence-corrected chi connectivity index (χ0v) is 17.7. The predicted octanol–water partition coefficient (Wildman–Crippen LogP) is -1.05. The molecule has 0 heterocycles. The number of hydrogen-bond acceptors (Lipinski definition) is 9. The molecule has 0 aliphatic heterocycles. The number of rotatable bonds is 2. The van der Waals surface area contributed by atoms with Gasteiger partial charge >= 0.3 is 0 Å². The van der Waals surface area contributed by atoms with Gasteiger partial charge < -0.3 is 26.4 Å². The normalized spacial score (nSPS) is 35.4. The Labute approximate surface area is 186 Å². The van der Waals surface area contributed by atoms with Crippen molar-refractivity contribution in [2.24, 2.45) is 29.4 Å². The summed E-state index contributed by atoms with van der Waals surface area (Å²) in [5, 5.41) is 35.5. The number of primary amides is 1. The first kappa shape index (κ1) is 22.7. The van der Waals surface area contributed by atoms with E-state index in [0.29, 0.717) is 0 Å². The standard InChI is InChI=1S/C22H22N2O9/c1-7(25)24-11-4-3-9-13(16(11)27)17(28)14-10(21(9,2)32)5-8-6-12(26)15(20(23)31)19(30)22(8,33)18(14)29/h3-4,8,10,14-15,27,32-33H,5-6H2,1-2H3,(H2,23,31)(H,24,25)/t8-,10-,14?,15?,21+,22-/m0/s1. The summed E-state index contributed by atoms with van der Waals surface area (Å²) in [7, 11) is 0. The number of carbonyl (C=O) groups excluding carboxylic acids is 6. The number of aromatic hydroxyl groups is 1. The number of ketones is 4. The zero-order chi connectivity index (χ0) is 24.6. The highest BCUT2D eigenvalue weighted by atomic mass is 16.3. The number of benzene rings is 1. The molecule has 2 unspecified atom stereocenters. The van der Waals surface area contributed by atoms with Crippen molar-refractivity contribution in [1.82, 2.24) is 0 Å². The quantitative estimate of drug-likeness (QED) is 0.271. The second kappa shape index (κ2) is 7.03. The lowest BCUT2D eigenvalue weighted by atomic mass is 9.51. The Bertz CT molecular complexity index is 1170. The molecule has 174 valence electrons. The van der Waals surface area contributed by atoms with E-state index in [9.17, 15) is 44.1 Å². The number of phenols is 1. The predicted molar refractivity (Wildman–Crippen MR) is 109 cm³/mol. The number of nitrogens with one attached hydrogen (secondary N) is 1. The van der Waals surface area contributed by atoms with Crippen LogP contribution < -0.4 is 11.1 Å². The highest BCUT2D eigenvalue weighted by molar-refractivity contribution is 6.31. The molecule has 3 aliphatic carbocycles. The maximum atomic E-state index is 13.5. The summed E-state index contributed by atoms with van der Waals surface area (Å²) >= 11 is 0. The fourth-order valence-corrected chi connectivity index (χ4v) is 5.57. The fraction of sp³-hybridized carbons (Fsp3) is 0.455. The molecule has 4 rings (SSSR count). The topological polar surface area (TPSA) is 201 Å². The first-order valence-electron chi connectivity index (χ1n) is 10.3. The second-order valence-corrected chi connectivity index (χ2v) is 9.09. The average molecular weight is 458 g/mol. The Morgan fingerprint density at radius 3 is 2.33 bits per heavy atom. The van der Waals surface area contributed by atoms with E-state index >= 15 is 0 Å². The third kappa shape index (κ3) is 2.89. The number of anilines is 1. The van der Waals surface area contributed by atoms with Crippen molar-refractivity contribution < 1.29 is 44.1 Å². The van der Waals surface area contributed by atoms with Crippen LogP contribution in [0.5, 0.6) is 5.75 Å². The van der Waals surface area contributed by atoms with Crippen molar-refractivity contribution >= 4 is 40.6 Å².